The van der Waals surface area contributed by atoms with Crippen LogP contribution in [0.1, 0.15) is 16.8 Å². The number of ether oxygens (including phenoxy) is 1. The van der Waals surface area contributed by atoms with Crippen molar-refractivity contribution < 1.29 is 19.1 Å². The molecule has 3 rings (SSSR count). The van der Waals surface area contributed by atoms with Crippen molar-refractivity contribution in [3.63, 3.8) is 0 Å². The highest BCUT2D eigenvalue weighted by Gasteiger charge is 2.23. The summed E-state index contributed by atoms with van der Waals surface area (Å²) in [7, 11) is 1.53. The van der Waals surface area contributed by atoms with Gasteiger partial charge in [0.15, 0.2) is 5.11 Å². The molecule has 4 N–H and O–H groups in total. The normalized spacial score (nSPS) is 12.2. The van der Waals surface area contributed by atoms with E-state index in [4.69, 9.17) is 17.0 Å². The number of thiol groups is 1. The zero-order valence-electron chi connectivity index (χ0n) is 18.3. The van der Waals surface area contributed by atoms with Gasteiger partial charge in [0.25, 0.3) is 5.91 Å². The number of nitrogens with one attached hydrogen (secondary N) is 4. The van der Waals surface area contributed by atoms with Gasteiger partial charge >= 0.3 is 0 Å². The van der Waals surface area contributed by atoms with Gasteiger partial charge in [-0.25, -0.2) is 0 Å². The van der Waals surface area contributed by atoms with Gasteiger partial charge in [0.2, 0.25) is 5.91 Å². The Balaban J connectivity index is 1.47. The molecule has 0 bridgehead atoms. The van der Waals surface area contributed by atoms with Gasteiger partial charge in [-0.05, 0) is 59.4 Å². The number of anilines is 1. The molecule has 176 valence electrons. The van der Waals surface area contributed by atoms with E-state index in [1.54, 1.807) is 24.3 Å². The molecule has 3 aromatic carbocycles. The van der Waals surface area contributed by atoms with Gasteiger partial charge in [-0.1, -0.05) is 30.3 Å². The van der Waals surface area contributed by atoms with Crippen molar-refractivity contribution in [2.45, 2.75) is 11.8 Å². The molecule has 0 radical (unpaired) electrons. The van der Waals surface area contributed by atoms with Crippen molar-refractivity contribution in [2.24, 2.45) is 5.92 Å². The van der Waals surface area contributed by atoms with E-state index in [1.807, 2.05) is 42.5 Å². The summed E-state index contributed by atoms with van der Waals surface area (Å²) < 4.78 is 5.06. The lowest BCUT2D eigenvalue weighted by Gasteiger charge is -2.19. The molecule has 34 heavy (non-hydrogen) atoms. The predicted octanol–water partition coefficient (Wildman–Crippen LogP) is 3.06. The van der Waals surface area contributed by atoms with Gasteiger partial charge < -0.3 is 20.2 Å². The fraction of sp³-hybridized carbons (Fsp3) is 0.167. The molecule has 0 heterocycles. The van der Waals surface area contributed by atoms with E-state index in [2.05, 4.69) is 34.1 Å². The fourth-order valence-electron chi connectivity index (χ4n) is 3.12. The molecule has 0 aromatic heterocycles. The third kappa shape index (κ3) is 6.93. The van der Waals surface area contributed by atoms with E-state index in [0.717, 1.165) is 16.5 Å². The molecule has 2 atom stereocenters. The molecule has 8 nitrogen and oxygen atoms in total. The first-order valence-electron chi connectivity index (χ1n) is 10.3. The maximum absolute atomic E-state index is 12.4. The van der Waals surface area contributed by atoms with E-state index in [1.165, 1.54) is 7.11 Å². The first kappa shape index (κ1) is 25.0. The topological polar surface area (TPSA) is 109 Å². The molecule has 3 aromatic rings. The minimum Gasteiger partial charge on any atom is -0.497 e. The van der Waals surface area contributed by atoms with Crippen molar-refractivity contribution in [3.05, 3.63) is 72.3 Å². The summed E-state index contributed by atoms with van der Waals surface area (Å²) in [5.41, 5.74) is 6.18. The van der Waals surface area contributed by atoms with Crippen molar-refractivity contribution in [1.29, 1.82) is 0 Å². The molecular formula is C24H24N4O4S2. The van der Waals surface area contributed by atoms with Gasteiger partial charge in [-0.15, -0.1) is 0 Å². The largest absolute Gasteiger partial charge is 0.497 e. The first-order valence-corrected chi connectivity index (χ1v) is 11.2. The monoisotopic (exact) mass is 496 g/mol. The standard InChI is InChI=1S/C24H24N4O4S2/c1-32-20-10-7-16(8-11-20)22(31)26-23(33)18(14-29)13-21(30)27-28-24(34)25-19-9-6-15-4-2-3-5-17(15)12-19/h2-12,14,18,23,33H,13H2,1H3,(H,26,31)(H,27,30)(H2,25,28,34). The van der Waals surface area contributed by atoms with Crippen LogP contribution in [0, 0.1) is 5.92 Å². The molecule has 2 amide bonds. The maximum atomic E-state index is 12.4. The van der Waals surface area contributed by atoms with Crippen LogP contribution in [0.5, 0.6) is 5.75 Å². The Labute approximate surface area is 207 Å². The van der Waals surface area contributed by atoms with Crippen LogP contribution in [-0.4, -0.2) is 35.7 Å². The Hall–Kier alpha value is -3.63. The van der Waals surface area contributed by atoms with Crippen LogP contribution < -0.4 is 26.2 Å². The number of hydrogen-bond donors (Lipinski definition) is 5. The van der Waals surface area contributed by atoms with E-state index in [9.17, 15) is 14.4 Å². The van der Waals surface area contributed by atoms with E-state index >= 15 is 0 Å². The van der Waals surface area contributed by atoms with Crippen LogP contribution in [0.15, 0.2) is 66.7 Å². The van der Waals surface area contributed by atoms with E-state index in [0.29, 0.717) is 17.6 Å². The van der Waals surface area contributed by atoms with Crippen molar-refractivity contribution in [1.82, 2.24) is 16.2 Å². The summed E-state index contributed by atoms with van der Waals surface area (Å²) in [6.07, 6.45) is 0.378. The zero-order chi connectivity index (χ0) is 24.5. The lowest BCUT2D eigenvalue weighted by Crippen LogP contribution is -2.46. The molecule has 0 fully saturated rings. The van der Waals surface area contributed by atoms with Crippen LogP contribution in [0.2, 0.25) is 0 Å². The quantitative estimate of drug-likeness (QED) is 0.107. The molecule has 2 unspecified atom stereocenters. The lowest BCUT2D eigenvalue weighted by atomic mass is 10.1. The number of fused-ring (bicyclic) bond motifs is 1. The summed E-state index contributed by atoms with van der Waals surface area (Å²) in [4.78, 5) is 36.2. The predicted molar refractivity (Wildman–Crippen MR) is 139 cm³/mol. The SMILES string of the molecule is COc1ccc(C(=O)NC(S)C(C=O)CC(=O)NNC(=S)Nc2ccc3ccccc3c2)cc1. The van der Waals surface area contributed by atoms with Gasteiger partial charge in [-0.2, -0.15) is 12.6 Å². The number of hydrogen-bond acceptors (Lipinski definition) is 6. The Morgan fingerprint density at radius 3 is 2.41 bits per heavy atom. The number of hydrazine groups is 1. The molecule has 0 saturated carbocycles. The average Bonchev–Trinajstić information content (AvgIpc) is 2.85. The van der Waals surface area contributed by atoms with Crippen molar-refractivity contribution >= 4 is 64.5 Å². The number of thiocarbonyl (C=S) groups is 1. The summed E-state index contributed by atoms with van der Waals surface area (Å²) in [6, 6.07) is 20.1. The third-order valence-electron chi connectivity index (χ3n) is 4.96. The fourth-order valence-corrected chi connectivity index (χ4v) is 3.58. The molecule has 0 aliphatic heterocycles. The van der Waals surface area contributed by atoms with E-state index in [-0.39, 0.29) is 11.5 Å². The first-order chi connectivity index (χ1) is 16.4. The van der Waals surface area contributed by atoms with Crippen LogP contribution >= 0.6 is 24.8 Å². The highest BCUT2D eigenvalue weighted by molar-refractivity contribution is 7.81. The number of amides is 2. The molecule has 0 saturated heterocycles. The summed E-state index contributed by atoms with van der Waals surface area (Å²) in [6.45, 7) is 0. The lowest BCUT2D eigenvalue weighted by molar-refractivity contribution is -0.125. The molecule has 0 aliphatic rings. The van der Waals surface area contributed by atoms with Gasteiger partial charge in [-0.3, -0.25) is 20.4 Å². The van der Waals surface area contributed by atoms with Gasteiger partial charge in [0.05, 0.1) is 18.4 Å². The minimum absolute atomic E-state index is 0.182. The highest BCUT2D eigenvalue weighted by Crippen LogP contribution is 2.19. The minimum atomic E-state index is -0.861. The van der Waals surface area contributed by atoms with Crippen molar-refractivity contribution in [2.75, 3.05) is 12.4 Å². The number of methoxy groups -OCH3 is 1. The number of aldehydes is 1. The van der Waals surface area contributed by atoms with Crippen molar-refractivity contribution in [3.8, 4) is 5.75 Å². The van der Waals surface area contributed by atoms with Crippen LogP contribution in [0.3, 0.4) is 0 Å². The maximum Gasteiger partial charge on any atom is 0.252 e. The molecule has 0 spiro atoms. The Morgan fingerprint density at radius 2 is 1.74 bits per heavy atom. The second-order valence-corrected chi connectivity index (χ2v) is 8.30. The van der Waals surface area contributed by atoms with Crippen LogP contribution in [0.25, 0.3) is 10.8 Å². The van der Waals surface area contributed by atoms with E-state index < -0.39 is 23.1 Å². The van der Waals surface area contributed by atoms with Gasteiger partial charge in [0.1, 0.15) is 12.0 Å². The Morgan fingerprint density at radius 1 is 1.03 bits per heavy atom. The third-order valence-corrected chi connectivity index (χ3v) is 5.67. The average molecular weight is 497 g/mol. The summed E-state index contributed by atoms with van der Waals surface area (Å²) >= 11 is 9.50. The number of carbonyl (C=O) groups is 3. The highest BCUT2D eigenvalue weighted by atomic mass is 32.1. The second kappa shape index (κ2) is 12.0. The molecule has 10 heteroatoms. The van der Waals surface area contributed by atoms with Crippen LogP contribution in [0.4, 0.5) is 5.69 Å². The molecule has 0 aliphatic carbocycles. The van der Waals surface area contributed by atoms with Gasteiger partial charge in [0, 0.05) is 17.7 Å². The Kier molecular flexibility index (Phi) is 8.83. The summed E-state index contributed by atoms with van der Waals surface area (Å²) in [5, 5.41) is 7.07. The smallest absolute Gasteiger partial charge is 0.252 e. The molecular weight excluding hydrogens is 472 g/mol. The summed E-state index contributed by atoms with van der Waals surface area (Å²) in [5.74, 6) is -1.15. The van der Waals surface area contributed by atoms with Crippen LogP contribution in [-0.2, 0) is 9.59 Å². The zero-order valence-corrected chi connectivity index (χ0v) is 20.0. The number of carbonyl (C=O) groups excluding carboxylic acids is 3. The number of rotatable bonds is 8. The second-order valence-electron chi connectivity index (χ2n) is 7.34. The Bertz CT molecular complexity index is 1190. The number of benzene rings is 3.